The van der Waals surface area contributed by atoms with E-state index >= 15 is 0 Å². The summed E-state index contributed by atoms with van der Waals surface area (Å²) in [7, 11) is 1.47. The first kappa shape index (κ1) is 9.31. The van der Waals surface area contributed by atoms with Gasteiger partial charge in [-0.05, 0) is 0 Å². The van der Waals surface area contributed by atoms with E-state index in [4.69, 9.17) is 4.74 Å². The van der Waals surface area contributed by atoms with Gasteiger partial charge in [0.1, 0.15) is 0 Å². The lowest BCUT2D eigenvalue weighted by Gasteiger charge is -1.94. The normalized spacial score (nSPS) is 10.7. The van der Waals surface area contributed by atoms with E-state index in [0.29, 0.717) is 23.3 Å². The summed E-state index contributed by atoms with van der Waals surface area (Å²) in [5.74, 6) is -1.72. The molecule has 12 heavy (non-hydrogen) atoms. The highest BCUT2D eigenvalue weighted by Gasteiger charge is 2.05. The number of hydrogen-bond acceptors (Lipinski definition) is 3. The monoisotopic (exact) mass is 194 g/mol. The Balaban J connectivity index is 2.41. The van der Waals surface area contributed by atoms with Gasteiger partial charge in [-0.25, -0.2) is 0 Å². The maximum absolute atomic E-state index is 11.7. The molecule has 6 heteroatoms. The van der Waals surface area contributed by atoms with Crippen molar-refractivity contribution in [3.63, 3.8) is 0 Å². The van der Waals surface area contributed by atoms with Crippen LogP contribution in [0.15, 0.2) is 6.07 Å². The molecule has 0 unspecified atom stereocenters. The van der Waals surface area contributed by atoms with Crippen LogP contribution in [-0.4, -0.2) is 23.1 Å². The predicted molar refractivity (Wildman–Crippen MR) is 42.4 cm³/mol. The van der Waals surface area contributed by atoms with E-state index in [1.54, 1.807) is 6.07 Å². The van der Waals surface area contributed by atoms with Crippen LogP contribution in [0.25, 0.3) is 0 Å². The van der Waals surface area contributed by atoms with Crippen molar-refractivity contribution in [2.45, 2.75) is 11.5 Å². The van der Waals surface area contributed by atoms with Crippen molar-refractivity contribution < 1.29 is 13.5 Å². The third kappa shape index (κ3) is 2.69. The zero-order valence-electron chi connectivity index (χ0n) is 6.38. The van der Waals surface area contributed by atoms with Crippen LogP contribution in [0.1, 0.15) is 5.69 Å². The van der Waals surface area contributed by atoms with E-state index < -0.39 is 5.76 Å². The van der Waals surface area contributed by atoms with E-state index in [9.17, 15) is 8.78 Å². The fourth-order valence-electron chi connectivity index (χ4n) is 0.672. The van der Waals surface area contributed by atoms with Crippen LogP contribution >= 0.6 is 11.8 Å². The fraction of sp³-hybridized carbons (Fsp3) is 0.500. The molecule has 0 aliphatic heterocycles. The molecule has 1 aromatic rings. The Kier molecular flexibility index (Phi) is 3.33. The minimum Gasteiger partial charge on any atom is -0.480 e. The molecule has 0 aromatic carbocycles. The number of H-pyrrole nitrogens is 1. The van der Waals surface area contributed by atoms with Crippen LogP contribution in [0, 0.1) is 0 Å². The summed E-state index contributed by atoms with van der Waals surface area (Å²) in [6.45, 7) is 0. The number of ether oxygens (including phenoxy) is 1. The zero-order chi connectivity index (χ0) is 8.97. The second-order valence-electron chi connectivity index (χ2n) is 2.01. The number of aromatic amines is 1. The predicted octanol–water partition coefficient (Wildman–Crippen LogP) is 1.87. The Morgan fingerprint density at radius 3 is 3.00 bits per heavy atom. The highest BCUT2D eigenvalue weighted by molar-refractivity contribution is 7.98. The number of aromatic nitrogens is 2. The number of rotatable bonds is 4. The lowest BCUT2D eigenvalue weighted by atomic mass is 10.5. The summed E-state index contributed by atoms with van der Waals surface area (Å²) in [6.07, 6.45) is 0. The Morgan fingerprint density at radius 1 is 1.75 bits per heavy atom. The summed E-state index contributed by atoms with van der Waals surface area (Å²) in [5, 5.41) is 6.29. The van der Waals surface area contributed by atoms with Crippen LogP contribution in [0.5, 0.6) is 5.88 Å². The molecule has 68 valence electrons. The second kappa shape index (κ2) is 4.30. The molecule has 1 rings (SSSR count). The molecule has 0 amide bonds. The Bertz CT molecular complexity index is 241. The second-order valence-corrected chi connectivity index (χ2v) is 2.99. The minimum absolute atomic E-state index is 0.216. The zero-order valence-corrected chi connectivity index (χ0v) is 7.20. The van der Waals surface area contributed by atoms with Crippen LogP contribution in [-0.2, 0) is 5.75 Å². The number of methoxy groups -OCH3 is 1. The van der Waals surface area contributed by atoms with E-state index in [-0.39, 0.29) is 5.75 Å². The average Bonchev–Trinajstić information content (AvgIpc) is 2.48. The number of thioether (sulfide) groups is 1. The highest BCUT2D eigenvalue weighted by atomic mass is 32.2. The van der Waals surface area contributed by atoms with Gasteiger partial charge >= 0.3 is 0 Å². The largest absolute Gasteiger partial charge is 0.480 e. The van der Waals surface area contributed by atoms with Gasteiger partial charge in [-0.2, -0.15) is 8.78 Å². The van der Waals surface area contributed by atoms with Gasteiger partial charge in [0.25, 0.3) is 5.76 Å². The van der Waals surface area contributed by atoms with Crippen LogP contribution < -0.4 is 4.74 Å². The summed E-state index contributed by atoms with van der Waals surface area (Å²) < 4.78 is 28.2. The number of hydrogen-bond donors (Lipinski definition) is 1. The first-order chi connectivity index (χ1) is 5.72. The molecular weight excluding hydrogens is 186 g/mol. The molecule has 0 bridgehead atoms. The lowest BCUT2D eigenvalue weighted by molar-refractivity contribution is 0.252. The Morgan fingerprint density at radius 2 is 2.50 bits per heavy atom. The molecule has 0 atom stereocenters. The van der Waals surface area contributed by atoms with Gasteiger partial charge in [0, 0.05) is 17.5 Å². The van der Waals surface area contributed by atoms with Crippen molar-refractivity contribution >= 4 is 11.8 Å². The van der Waals surface area contributed by atoms with Crippen molar-refractivity contribution in [3.8, 4) is 5.88 Å². The quantitative estimate of drug-likeness (QED) is 0.795. The summed E-state index contributed by atoms with van der Waals surface area (Å²) >= 11 is 0.548. The van der Waals surface area contributed by atoms with E-state index in [0.717, 1.165) is 0 Å². The van der Waals surface area contributed by atoms with Crippen molar-refractivity contribution in [2.75, 3.05) is 7.11 Å². The van der Waals surface area contributed by atoms with Crippen molar-refractivity contribution in [1.29, 1.82) is 0 Å². The van der Waals surface area contributed by atoms with Crippen LogP contribution in [0.3, 0.4) is 0 Å². The average molecular weight is 194 g/mol. The van der Waals surface area contributed by atoms with Gasteiger partial charge in [-0.1, -0.05) is 11.8 Å². The van der Waals surface area contributed by atoms with Gasteiger partial charge in [0.15, 0.2) is 0 Å². The molecule has 0 fully saturated rings. The summed E-state index contributed by atoms with van der Waals surface area (Å²) in [5.41, 5.74) is 0.636. The first-order valence-electron chi connectivity index (χ1n) is 3.20. The van der Waals surface area contributed by atoms with Gasteiger partial charge in [-0.3, -0.25) is 5.10 Å². The first-order valence-corrected chi connectivity index (χ1v) is 4.25. The lowest BCUT2D eigenvalue weighted by Crippen LogP contribution is -1.85. The fourth-order valence-corrected chi connectivity index (χ4v) is 1.13. The van der Waals surface area contributed by atoms with E-state index in [1.165, 1.54) is 7.11 Å². The molecule has 1 heterocycles. The minimum atomic E-state index is -2.35. The standard InChI is InChI=1S/C6H8F2N2OS/c1-11-5-2-4(9-10-5)3-12-6(7)8/h2,6H,3H2,1H3,(H,9,10). The molecule has 0 saturated carbocycles. The molecule has 1 aromatic heterocycles. The van der Waals surface area contributed by atoms with Crippen molar-refractivity contribution in [3.05, 3.63) is 11.8 Å². The molecule has 0 aliphatic carbocycles. The maximum atomic E-state index is 11.7. The van der Waals surface area contributed by atoms with Gasteiger partial charge in [-0.15, -0.1) is 5.10 Å². The number of nitrogens with one attached hydrogen (secondary N) is 1. The molecule has 0 aliphatic rings. The van der Waals surface area contributed by atoms with E-state index in [2.05, 4.69) is 10.2 Å². The molecular formula is C6H8F2N2OS. The maximum Gasteiger partial charge on any atom is 0.284 e. The molecule has 0 radical (unpaired) electrons. The van der Waals surface area contributed by atoms with Gasteiger partial charge in [0.05, 0.1) is 7.11 Å². The summed E-state index contributed by atoms with van der Waals surface area (Å²) in [4.78, 5) is 0. The smallest absolute Gasteiger partial charge is 0.284 e. The van der Waals surface area contributed by atoms with Crippen LogP contribution in [0.4, 0.5) is 8.78 Å². The number of alkyl halides is 2. The molecule has 0 saturated heterocycles. The number of nitrogens with zero attached hydrogens (tertiary/aromatic N) is 1. The Hall–Kier alpha value is -0.780. The van der Waals surface area contributed by atoms with E-state index in [1.807, 2.05) is 0 Å². The number of halogens is 2. The third-order valence-corrected chi connectivity index (χ3v) is 1.91. The van der Waals surface area contributed by atoms with Crippen molar-refractivity contribution in [1.82, 2.24) is 10.2 Å². The molecule has 0 spiro atoms. The van der Waals surface area contributed by atoms with Crippen molar-refractivity contribution in [2.24, 2.45) is 0 Å². The van der Waals surface area contributed by atoms with Gasteiger partial charge in [0.2, 0.25) is 5.88 Å². The topological polar surface area (TPSA) is 37.9 Å². The molecule has 3 nitrogen and oxygen atoms in total. The Labute approximate surface area is 72.5 Å². The van der Waals surface area contributed by atoms with Crippen LogP contribution in [0.2, 0.25) is 0 Å². The SMILES string of the molecule is COc1cc(CSC(F)F)[nH]n1. The summed E-state index contributed by atoms with van der Waals surface area (Å²) in [6, 6.07) is 1.59. The third-order valence-electron chi connectivity index (χ3n) is 1.18. The molecule has 1 N–H and O–H groups in total. The van der Waals surface area contributed by atoms with Gasteiger partial charge < -0.3 is 4.74 Å². The highest BCUT2D eigenvalue weighted by Crippen LogP contribution is 2.19.